The van der Waals surface area contributed by atoms with Crippen LogP contribution in [0.1, 0.15) is 31.7 Å². The number of nitrogens with one attached hydrogen (secondary N) is 1. The monoisotopic (exact) mass is 231 g/mol. The molecule has 90 valence electrons. The summed E-state index contributed by atoms with van der Waals surface area (Å²) in [5.41, 5.74) is 2.79. The first-order valence-corrected chi connectivity index (χ1v) is 5.82. The first-order chi connectivity index (χ1) is 8.09. The van der Waals surface area contributed by atoms with E-state index in [1.807, 2.05) is 32.0 Å². The van der Waals surface area contributed by atoms with Crippen LogP contribution in [0.4, 0.5) is 0 Å². The maximum absolute atomic E-state index is 11.7. The lowest BCUT2D eigenvalue weighted by Crippen LogP contribution is -2.26. The third-order valence-electron chi connectivity index (χ3n) is 3.42. The molecule has 2 rings (SSSR count). The molecule has 0 fully saturated rings. The van der Waals surface area contributed by atoms with Crippen molar-refractivity contribution in [2.24, 2.45) is 0 Å². The van der Waals surface area contributed by atoms with E-state index >= 15 is 0 Å². The number of amides is 1. The normalized spacial score (nSPS) is 21.1. The molecule has 0 radical (unpaired) electrons. The SMILES string of the molecule is CC1=C(C)C(=O)NCC(c2ccccc2O)C1. The lowest BCUT2D eigenvalue weighted by Gasteiger charge is -2.16. The maximum atomic E-state index is 11.7. The number of phenols is 1. The molecule has 1 aliphatic rings. The van der Waals surface area contributed by atoms with Crippen LogP contribution in [0.25, 0.3) is 0 Å². The summed E-state index contributed by atoms with van der Waals surface area (Å²) in [7, 11) is 0. The Balaban J connectivity index is 2.31. The first kappa shape index (κ1) is 11.7. The fraction of sp³-hybridized carbons (Fsp3) is 0.357. The Hall–Kier alpha value is -1.77. The summed E-state index contributed by atoms with van der Waals surface area (Å²) in [4.78, 5) is 11.7. The summed E-state index contributed by atoms with van der Waals surface area (Å²) in [6.45, 7) is 4.40. The number of hydrogen-bond donors (Lipinski definition) is 2. The molecule has 0 saturated heterocycles. The number of benzene rings is 1. The van der Waals surface area contributed by atoms with E-state index in [9.17, 15) is 9.90 Å². The number of carbonyl (C=O) groups excluding carboxylic acids is 1. The molecule has 1 aliphatic heterocycles. The van der Waals surface area contributed by atoms with Gasteiger partial charge in [-0.15, -0.1) is 0 Å². The highest BCUT2D eigenvalue weighted by Crippen LogP contribution is 2.32. The van der Waals surface area contributed by atoms with E-state index in [-0.39, 0.29) is 11.8 Å². The van der Waals surface area contributed by atoms with Crippen LogP contribution in [-0.2, 0) is 4.79 Å². The average Bonchev–Trinajstić information content (AvgIpc) is 2.44. The van der Waals surface area contributed by atoms with Crippen molar-refractivity contribution < 1.29 is 9.90 Å². The van der Waals surface area contributed by atoms with Gasteiger partial charge >= 0.3 is 0 Å². The fourth-order valence-corrected chi connectivity index (χ4v) is 2.19. The number of phenolic OH excluding ortho intramolecular Hbond substituents is 1. The van der Waals surface area contributed by atoms with Crippen LogP contribution in [0.3, 0.4) is 0 Å². The molecule has 3 nitrogen and oxygen atoms in total. The van der Waals surface area contributed by atoms with E-state index in [2.05, 4.69) is 5.32 Å². The molecule has 0 aromatic heterocycles. The summed E-state index contributed by atoms with van der Waals surface area (Å²) in [5.74, 6) is 0.456. The highest BCUT2D eigenvalue weighted by molar-refractivity contribution is 5.93. The van der Waals surface area contributed by atoms with E-state index in [0.717, 1.165) is 23.1 Å². The number of hydrogen-bond acceptors (Lipinski definition) is 2. The zero-order chi connectivity index (χ0) is 12.4. The van der Waals surface area contributed by atoms with Crippen molar-refractivity contribution in [2.75, 3.05) is 6.54 Å². The van der Waals surface area contributed by atoms with E-state index in [1.165, 1.54) is 0 Å². The number of rotatable bonds is 1. The Morgan fingerprint density at radius 2 is 2.00 bits per heavy atom. The summed E-state index contributed by atoms with van der Waals surface area (Å²) in [6.07, 6.45) is 0.808. The van der Waals surface area contributed by atoms with Crippen LogP contribution >= 0.6 is 0 Å². The topological polar surface area (TPSA) is 49.3 Å². The van der Waals surface area contributed by atoms with E-state index in [4.69, 9.17) is 0 Å². The molecule has 0 spiro atoms. The molecule has 1 atom stereocenters. The van der Waals surface area contributed by atoms with Gasteiger partial charge in [0.25, 0.3) is 0 Å². The van der Waals surface area contributed by atoms with Gasteiger partial charge in [-0.05, 0) is 31.9 Å². The minimum atomic E-state index is 0.000390. The molecule has 1 amide bonds. The van der Waals surface area contributed by atoms with E-state index in [1.54, 1.807) is 6.07 Å². The molecular weight excluding hydrogens is 214 g/mol. The number of carbonyl (C=O) groups is 1. The summed E-state index contributed by atoms with van der Waals surface area (Å²) < 4.78 is 0. The summed E-state index contributed by atoms with van der Waals surface area (Å²) in [6, 6.07) is 7.32. The van der Waals surface area contributed by atoms with Crippen LogP contribution in [0.2, 0.25) is 0 Å². The molecular formula is C14H17NO2. The lowest BCUT2D eigenvalue weighted by molar-refractivity contribution is -0.117. The van der Waals surface area contributed by atoms with Gasteiger partial charge in [-0.1, -0.05) is 23.8 Å². The predicted octanol–water partition coefficient (Wildman–Crippen LogP) is 2.33. The predicted molar refractivity (Wildman–Crippen MR) is 66.8 cm³/mol. The van der Waals surface area contributed by atoms with Gasteiger partial charge in [-0.3, -0.25) is 4.79 Å². The third-order valence-corrected chi connectivity index (χ3v) is 3.42. The fourth-order valence-electron chi connectivity index (χ4n) is 2.19. The minimum absolute atomic E-state index is 0.000390. The molecule has 3 heteroatoms. The molecule has 1 heterocycles. The highest BCUT2D eigenvalue weighted by Gasteiger charge is 2.22. The largest absolute Gasteiger partial charge is 0.508 e. The van der Waals surface area contributed by atoms with Gasteiger partial charge < -0.3 is 10.4 Å². The van der Waals surface area contributed by atoms with Gasteiger partial charge in [0.15, 0.2) is 0 Å². The first-order valence-electron chi connectivity index (χ1n) is 5.82. The van der Waals surface area contributed by atoms with Crippen molar-refractivity contribution >= 4 is 5.91 Å². The Morgan fingerprint density at radius 1 is 1.29 bits per heavy atom. The van der Waals surface area contributed by atoms with Crippen LogP contribution in [-0.4, -0.2) is 17.6 Å². The third kappa shape index (κ3) is 2.33. The van der Waals surface area contributed by atoms with Gasteiger partial charge in [-0.25, -0.2) is 0 Å². The Kier molecular flexibility index (Phi) is 3.18. The number of allylic oxidation sites excluding steroid dienone is 1. The standard InChI is InChI=1S/C14H17NO2/c1-9-7-11(8-15-14(17)10(9)2)12-5-3-4-6-13(12)16/h3-6,11,16H,7-8H2,1-2H3,(H,15,17). The van der Waals surface area contributed by atoms with Crippen molar-refractivity contribution in [3.63, 3.8) is 0 Å². The van der Waals surface area contributed by atoms with Crippen molar-refractivity contribution in [1.82, 2.24) is 5.32 Å². The van der Waals surface area contributed by atoms with Crippen LogP contribution in [0.5, 0.6) is 5.75 Å². The molecule has 0 aliphatic carbocycles. The van der Waals surface area contributed by atoms with Gasteiger partial charge in [-0.2, -0.15) is 0 Å². The van der Waals surface area contributed by atoms with Gasteiger partial charge in [0.2, 0.25) is 5.91 Å². The van der Waals surface area contributed by atoms with Crippen molar-refractivity contribution in [1.29, 1.82) is 0 Å². The van der Waals surface area contributed by atoms with Gasteiger partial charge in [0.1, 0.15) is 5.75 Å². The number of aromatic hydroxyl groups is 1. The summed E-state index contributed by atoms with van der Waals surface area (Å²) >= 11 is 0. The van der Waals surface area contributed by atoms with Crippen LogP contribution in [0, 0.1) is 0 Å². The number of para-hydroxylation sites is 1. The van der Waals surface area contributed by atoms with Crippen LogP contribution < -0.4 is 5.32 Å². The second-order valence-electron chi connectivity index (χ2n) is 4.58. The Bertz CT molecular complexity index is 477. The maximum Gasteiger partial charge on any atom is 0.246 e. The smallest absolute Gasteiger partial charge is 0.246 e. The molecule has 0 bridgehead atoms. The van der Waals surface area contributed by atoms with E-state index in [0.29, 0.717) is 12.3 Å². The summed E-state index contributed by atoms with van der Waals surface area (Å²) in [5, 5.41) is 12.7. The second kappa shape index (κ2) is 4.62. The molecule has 2 N–H and O–H groups in total. The average molecular weight is 231 g/mol. The van der Waals surface area contributed by atoms with Gasteiger partial charge in [0, 0.05) is 18.0 Å². The molecule has 1 aromatic rings. The molecule has 1 aromatic carbocycles. The van der Waals surface area contributed by atoms with Crippen molar-refractivity contribution in [3.05, 3.63) is 41.0 Å². The zero-order valence-corrected chi connectivity index (χ0v) is 10.2. The lowest BCUT2D eigenvalue weighted by atomic mass is 9.91. The van der Waals surface area contributed by atoms with Crippen molar-refractivity contribution in [2.45, 2.75) is 26.2 Å². The highest BCUT2D eigenvalue weighted by atomic mass is 16.3. The minimum Gasteiger partial charge on any atom is -0.508 e. The van der Waals surface area contributed by atoms with Crippen molar-refractivity contribution in [3.8, 4) is 5.75 Å². The Morgan fingerprint density at radius 3 is 2.71 bits per heavy atom. The Labute approximate surface area is 101 Å². The van der Waals surface area contributed by atoms with Crippen LogP contribution in [0.15, 0.2) is 35.4 Å². The second-order valence-corrected chi connectivity index (χ2v) is 4.58. The quantitative estimate of drug-likeness (QED) is 0.779. The molecule has 1 unspecified atom stereocenters. The zero-order valence-electron chi connectivity index (χ0n) is 10.2. The van der Waals surface area contributed by atoms with Gasteiger partial charge in [0.05, 0.1) is 0 Å². The van der Waals surface area contributed by atoms with E-state index < -0.39 is 0 Å². The molecule has 17 heavy (non-hydrogen) atoms. The molecule has 0 saturated carbocycles.